The van der Waals surface area contributed by atoms with Crippen molar-refractivity contribution >= 4 is 37.5 Å². The summed E-state index contributed by atoms with van der Waals surface area (Å²) in [7, 11) is -3.54. The SMILES string of the molecule is CS(=O)(=O)c1cc([N+](=O)[O-])c(N2CCc3ccc(F)cc32)s1. The maximum absolute atomic E-state index is 13.5. The number of anilines is 2. The standard InChI is InChI=1S/C13H11FN2O4S2/c1-22(19,20)12-7-11(16(17)18)13(21-12)15-5-4-8-2-3-9(14)6-10(8)15/h2-3,6-7H,4-5H2,1H3. The van der Waals surface area contributed by atoms with Crippen LogP contribution in [0.3, 0.4) is 0 Å². The highest BCUT2D eigenvalue weighted by Gasteiger charge is 2.31. The maximum atomic E-state index is 13.5. The van der Waals surface area contributed by atoms with Gasteiger partial charge in [-0.3, -0.25) is 10.1 Å². The topological polar surface area (TPSA) is 80.5 Å². The summed E-state index contributed by atoms with van der Waals surface area (Å²) in [6, 6.07) is 5.35. The fraction of sp³-hybridized carbons (Fsp3) is 0.231. The molecule has 2 heterocycles. The Morgan fingerprint density at radius 1 is 1.36 bits per heavy atom. The number of thiophene rings is 1. The van der Waals surface area contributed by atoms with E-state index >= 15 is 0 Å². The minimum Gasteiger partial charge on any atom is -0.327 e. The molecule has 0 unspecified atom stereocenters. The number of hydrogen-bond acceptors (Lipinski definition) is 6. The van der Waals surface area contributed by atoms with Gasteiger partial charge >= 0.3 is 5.69 Å². The Hall–Kier alpha value is -2.00. The number of hydrogen-bond donors (Lipinski definition) is 0. The van der Waals surface area contributed by atoms with Crippen molar-refractivity contribution in [2.45, 2.75) is 10.6 Å². The Bertz CT molecular complexity index is 876. The molecular formula is C13H11FN2O4S2. The average molecular weight is 342 g/mol. The first-order valence-corrected chi connectivity index (χ1v) is 9.02. The van der Waals surface area contributed by atoms with E-state index in [-0.39, 0.29) is 14.9 Å². The molecule has 0 fully saturated rings. The van der Waals surface area contributed by atoms with Gasteiger partial charge in [0.05, 0.1) is 4.92 Å². The number of halogens is 1. The van der Waals surface area contributed by atoms with Gasteiger partial charge < -0.3 is 4.90 Å². The van der Waals surface area contributed by atoms with Crippen molar-refractivity contribution in [3.63, 3.8) is 0 Å². The maximum Gasteiger partial charge on any atom is 0.305 e. The summed E-state index contributed by atoms with van der Waals surface area (Å²) in [6.45, 7) is 0.448. The predicted octanol–water partition coefficient (Wildman–Crippen LogP) is 2.89. The highest BCUT2D eigenvalue weighted by Crippen LogP contribution is 2.45. The lowest BCUT2D eigenvalue weighted by Crippen LogP contribution is -2.13. The summed E-state index contributed by atoms with van der Waals surface area (Å²) in [4.78, 5) is 12.2. The summed E-state index contributed by atoms with van der Waals surface area (Å²) in [5.41, 5.74) is 1.15. The summed E-state index contributed by atoms with van der Waals surface area (Å²) >= 11 is 0.835. The van der Waals surface area contributed by atoms with Crippen molar-refractivity contribution in [3.05, 3.63) is 45.8 Å². The number of fused-ring (bicyclic) bond motifs is 1. The molecule has 1 aromatic carbocycles. The van der Waals surface area contributed by atoms with Crippen LogP contribution in [0.2, 0.25) is 0 Å². The van der Waals surface area contributed by atoms with E-state index in [4.69, 9.17) is 0 Å². The number of rotatable bonds is 3. The number of benzene rings is 1. The average Bonchev–Trinajstić information content (AvgIpc) is 3.00. The zero-order chi connectivity index (χ0) is 16.1. The Morgan fingerprint density at radius 2 is 2.09 bits per heavy atom. The van der Waals surface area contributed by atoms with Crippen LogP contribution in [0.4, 0.5) is 20.8 Å². The molecule has 2 aromatic rings. The van der Waals surface area contributed by atoms with Gasteiger partial charge in [-0.1, -0.05) is 17.4 Å². The van der Waals surface area contributed by atoms with Crippen LogP contribution in [0.15, 0.2) is 28.5 Å². The minimum absolute atomic E-state index is 0.0703. The summed E-state index contributed by atoms with van der Waals surface area (Å²) < 4.78 is 36.7. The second-order valence-corrected chi connectivity index (χ2v) is 8.23. The summed E-state index contributed by atoms with van der Waals surface area (Å²) in [5, 5.41) is 11.4. The Kier molecular flexibility index (Phi) is 3.41. The van der Waals surface area contributed by atoms with E-state index < -0.39 is 20.6 Å². The zero-order valence-corrected chi connectivity index (χ0v) is 13.1. The fourth-order valence-electron chi connectivity index (χ4n) is 2.42. The highest BCUT2D eigenvalue weighted by atomic mass is 32.2. The second-order valence-electron chi connectivity index (χ2n) is 4.96. The van der Waals surface area contributed by atoms with E-state index in [1.54, 1.807) is 11.0 Å². The van der Waals surface area contributed by atoms with Gasteiger partial charge in [0, 0.05) is 24.6 Å². The van der Waals surface area contributed by atoms with Crippen molar-refractivity contribution in [2.24, 2.45) is 0 Å². The van der Waals surface area contributed by atoms with Crippen molar-refractivity contribution in [2.75, 3.05) is 17.7 Å². The molecule has 1 aliphatic rings. The zero-order valence-electron chi connectivity index (χ0n) is 11.4. The first-order chi connectivity index (χ1) is 10.3. The van der Waals surface area contributed by atoms with Gasteiger partial charge in [0.1, 0.15) is 10.0 Å². The molecule has 6 nitrogen and oxygen atoms in total. The van der Waals surface area contributed by atoms with Crippen LogP contribution >= 0.6 is 11.3 Å². The van der Waals surface area contributed by atoms with Gasteiger partial charge in [-0.2, -0.15) is 0 Å². The third-order valence-electron chi connectivity index (χ3n) is 3.42. The molecule has 0 bridgehead atoms. The Balaban J connectivity index is 2.16. The molecule has 0 saturated carbocycles. The fourth-order valence-corrected chi connectivity index (χ4v) is 4.49. The highest BCUT2D eigenvalue weighted by molar-refractivity contribution is 7.92. The first kappa shape index (κ1) is 14.9. The van der Waals surface area contributed by atoms with Crippen molar-refractivity contribution in [1.82, 2.24) is 0 Å². The molecule has 1 aromatic heterocycles. The molecule has 0 atom stereocenters. The monoisotopic (exact) mass is 342 g/mol. The van der Waals surface area contributed by atoms with Crippen LogP contribution in [0.1, 0.15) is 5.56 Å². The molecule has 22 heavy (non-hydrogen) atoms. The van der Waals surface area contributed by atoms with E-state index in [1.807, 2.05) is 0 Å². The van der Waals surface area contributed by atoms with E-state index in [0.29, 0.717) is 18.7 Å². The molecule has 0 aliphatic carbocycles. The van der Waals surface area contributed by atoms with Crippen LogP contribution in [0.25, 0.3) is 0 Å². The van der Waals surface area contributed by atoms with E-state index in [9.17, 15) is 22.9 Å². The van der Waals surface area contributed by atoms with Crippen LogP contribution in [0, 0.1) is 15.9 Å². The van der Waals surface area contributed by atoms with Gasteiger partial charge in [0.25, 0.3) is 0 Å². The third kappa shape index (κ3) is 2.46. The lowest BCUT2D eigenvalue weighted by molar-refractivity contribution is -0.383. The molecule has 0 N–H and O–H groups in total. The summed E-state index contributed by atoms with van der Waals surface area (Å²) in [6.07, 6.45) is 1.63. The first-order valence-electron chi connectivity index (χ1n) is 6.31. The van der Waals surface area contributed by atoms with Gasteiger partial charge in [-0.15, -0.1) is 0 Å². The molecule has 0 amide bonds. The van der Waals surface area contributed by atoms with Crippen molar-refractivity contribution in [1.29, 1.82) is 0 Å². The van der Waals surface area contributed by atoms with Gasteiger partial charge in [-0.05, 0) is 24.1 Å². The number of sulfone groups is 1. The number of nitrogens with zero attached hydrogens (tertiary/aromatic N) is 2. The molecule has 9 heteroatoms. The third-order valence-corrected chi connectivity index (χ3v) is 6.37. The molecule has 1 aliphatic heterocycles. The molecule has 0 radical (unpaired) electrons. The largest absolute Gasteiger partial charge is 0.327 e. The molecular weight excluding hydrogens is 331 g/mol. The van der Waals surface area contributed by atoms with E-state index in [1.165, 1.54) is 12.1 Å². The predicted molar refractivity (Wildman–Crippen MR) is 81.2 cm³/mol. The van der Waals surface area contributed by atoms with E-state index in [0.717, 1.165) is 29.2 Å². The van der Waals surface area contributed by atoms with Crippen LogP contribution in [-0.2, 0) is 16.3 Å². The van der Waals surface area contributed by atoms with Crippen molar-refractivity contribution in [3.8, 4) is 0 Å². The van der Waals surface area contributed by atoms with E-state index in [2.05, 4.69) is 0 Å². The normalized spacial score (nSPS) is 14.2. The quantitative estimate of drug-likeness (QED) is 0.633. The Labute approximate surface area is 129 Å². The molecule has 0 spiro atoms. The second kappa shape index (κ2) is 5.03. The lowest BCUT2D eigenvalue weighted by Gasteiger charge is -2.16. The molecule has 0 saturated heterocycles. The smallest absolute Gasteiger partial charge is 0.305 e. The van der Waals surface area contributed by atoms with Crippen LogP contribution in [0.5, 0.6) is 0 Å². The minimum atomic E-state index is -3.54. The van der Waals surface area contributed by atoms with Crippen LogP contribution < -0.4 is 4.90 Å². The van der Waals surface area contributed by atoms with Crippen molar-refractivity contribution < 1.29 is 17.7 Å². The summed E-state index contributed by atoms with van der Waals surface area (Å²) in [5.74, 6) is -0.437. The van der Waals surface area contributed by atoms with Gasteiger partial charge in [0.15, 0.2) is 14.8 Å². The van der Waals surface area contributed by atoms with Crippen LogP contribution in [-0.4, -0.2) is 26.1 Å². The lowest BCUT2D eigenvalue weighted by atomic mass is 10.2. The van der Waals surface area contributed by atoms with Gasteiger partial charge in [0.2, 0.25) is 0 Å². The molecule has 3 rings (SSSR count). The van der Waals surface area contributed by atoms with Gasteiger partial charge in [-0.25, -0.2) is 12.8 Å². The Morgan fingerprint density at radius 3 is 2.73 bits per heavy atom. The molecule has 116 valence electrons. The number of nitro groups is 1.